The number of amides is 1. The van der Waals surface area contributed by atoms with Gasteiger partial charge in [0.2, 0.25) is 5.91 Å². The van der Waals surface area contributed by atoms with Gasteiger partial charge < -0.3 is 20.9 Å². The molecule has 0 aliphatic heterocycles. The fourth-order valence-electron chi connectivity index (χ4n) is 2.96. The van der Waals surface area contributed by atoms with Crippen molar-refractivity contribution in [1.29, 1.82) is 5.41 Å². The molecule has 132 valence electrons. The summed E-state index contributed by atoms with van der Waals surface area (Å²) in [5, 5.41) is 31.7. The highest BCUT2D eigenvalue weighted by molar-refractivity contribution is 6.01. The van der Waals surface area contributed by atoms with Crippen LogP contribution in [0, 0.1) is 5.41 Å². The van der Waals surface area contributed by atoms with Crippen LogP contribution in [-0.4, -0.2) is 28.9 Å². The van der Waals surface area contributed by atoms with E-state index >= 15 is 0 Å². The number of aliphatic hydroxyl groups is 1. The van der Waals surface area contributed by atoms with Gasteiger partial charge in [-0.1, -0.05) is 48.5 Å². The molecule has 3 rings (SSSR count). The molecule has 5 nitrogen and oxygen atoms in total. The number of benzene rings is 3. The summed E-state index contributed by atoms with van der Waals surface area (Å²) in [6.45, 7) is 0.0683. The third kappa shape index (κ3) is 3.90. The Morgan fingerprint density at radius 2 is 1.85 bits per heavy atom. The molecule has 4 N–H and O–H groups in total. The predicted octanol–water partition coefficient (Wildman–Crippen LogP) is 2.94. The van der Waals surface area contributed by atoms with Crippen molar-refractivity contribution in [3.8, 4) is 5.75 Å². The third-order valence-corrected chi connectivity index (χ3v) is 4.30. The Morgan fingerprint density at radius 1 is 1.08 bits per heavy atom. The van der Waals surface area contributed by atoms with Gasteiger partial charge in [0.05, 0.1) is 12.5 Å². The maximum absolute atomic E-state index is 12.3. The summed E-state index contributed by atoms with van der Waals surface area (Å²) in [5.41, 5.74) is 2.23. The van der Waals surface area contributed by atoms with E-state index in [0.717, 1.165) is 21.9 Å². The van der Waals surface area contributed by atoms with Gasteiger partial charge in [-0.3, -0.25) is 4.79 Å². The van der Waals surface area contributed by atoms with E-state index in [0.29, 0.717) is 5.56 Å². The molecule has 0 aliphatic rings. The number of rotatable bonds is 6. The first kappa shape index (κ1) is 17.6. The molecule has 0 spiro atoms. The summed E-state index contributed by atoms with van der Waals surface area (Å²) in [7, 11) is 0. The zero-order valence-electron chi connectivity index (χ0n) is 14.1. The first-order chi connectivity index (χ1) is 12.6. The van der Waals surface area contributed by atoms with Gasteiger partial charge in [-0.2, -0.15) is 0 Å². The van der Waals surface area contributed by atoms with Crippen LogP contribution in [-0.2, 0) is 11.2 Å². The second kappa shape index (κ2) is 7.80. The number of aromatic hydroxyl groups is 1. The molecule has 0 aliphatic carbocycles. The summed E-state index contributed by atoms with van der Waals surface area (Å²) in [6, 6.07) is 17.7. The highest BCUT2D eigenvalue weighted by atomic mass is 16.3. The molecule has 0 radical (unpaired) electrons. The Labute approximate surface area is 151 Å². The molecule has 1 amide bonds. The van der Waals surface area contributed by atoms with Crippen molar-refractivity contribution in [3.63, 3.8) is 0 Å². The van der Waals surface area contributed by atoms with Crippen molar-refractivity contribution < 1.29 is 15.0 Å². The second-order valence-electron chi connectivity index (χ2n) is 6.10. The van der Waals surface area contributed by atoms with E-state index in [1.807, 2.05) is 36.4 Å². The summed E-state index contributed by atoms with van der Waals surface area (Å²) in [6.07, 6.45) is 0.603. The smallest absolute Gasteiger partial charge is 0.224 e. The molecule has 0 aromatic heterocycles. The van der Waals surface area contributed by atoms with Crippen molar-refractivity contribution >= 4 is 22.9 Å². The van der Waals surface area contributed by atoms with Crippen molar-refractivity contribution in [1.82, 2.24) is 5.32 Å². The van der Waals surface area contributed by atoms with Crippen LogP contribution in [0.2, 0.25) is 0 Å². The van der Waals surface area contributed by atoms with Crippen LogP contribution in [0.1, 0.15) is 22.8 Å². The number of phenols is 1. The number of carbonyl (C=O) groups excluding carboxylic acids is 1. The number of fused-ring (bicyclic) bond motifs is 1. The fraction of sp³-hybridized carbons (Fsp3) is 0.143. The topological polar surface area (TPSA) is 93.4 Å². The zero-order chi connectivity index (χ0) is 18.5. The van der Waals surface area contributed by atoms with Crippen LogP contribution >= 0.6 is 0 Å². The van der Waals surface area contributed by atoms with Crippen molar-refractivity contribution in [2.24, 2.45) is 0 Å². The van der Waals surface area contributed by atoms with E-state index in [1.54, 1.807) is 12.1 Å². The summed E-state index contributed by atoms with van der Waals surface area (Å²) < 4.78 is 0. The van der Waals surface area contributed by atoms with Crippen LogP contribution in [0.3, 0.4) is 0 Å². The number of aliphatic hydroxyl groups excluding tert-OH is 1. The highest BCUT2D eigenvalue weighted by Crippen LogP contribution is 2.22. The second-order valence-corrected chi connectivity index (χ2v) is 6.10. The number of phenolic OH excluding ortho intramolecular Hbond substituents is 1. The average molecular weight is 348 g/mol. The highest BCUT2D eigenvalue weighted by Gasteiger charge is 2.12. The lowest BCUT2D eigenvalue weighted by Crippen LogP contribution is -2.29. The van der Waals surface area contributed by atoms with E-state index in [9.17, 15) is 15.0 Å². The van der Waals surface area contributed by atoms with Gasteiger partial charge in [-0.05, 0) is 39.6 Å². The minimum atomic E-state index is -0.886. The average Bonchev–Trinajstić information content (AvgIpc) is 2.66. The minimum Gasteiger partial charge on any atom is -0.508 e. The molecule has 0 bridgehead atoms. The number of carbonyl (C=O) groups is 1. The van der Waals surface area contributed by atoms with Gasteiger partial charge in [0.25, 0.3) is 0 Å². The van der Waals surface area contributed by atoms with E-state index in [2.05, 4.69) is 5.32 Å². The molecular formula is C21H20N2O3. The molecular weight excluding hydrogens is 328 g/mol. The minimum absolute atomic E-state index is 0.0683. The number of hydrogen-bond donors (Lipinski definition) is 4. The van der Waals surface area contributed by atoms with Gasteiger partial charge >= 0.3 is 0 Å². The summed E-state index contributed by atoms with van der Waals surface area (Å²) in [5.74, 6) is -0.123. The largest absolute Gasteiger partial charge is 0.508 e. The lowest BCUT2D eigenvalue weighted by molar-refractivity contribution is -0.120. The van der Waals surface area contributed by atoms with Crippen LogP contribution in [0.15, 0.2) is 60.7 Å². The Bertz CT molecular complexity index is 953. The normalized spacial score (nSPS) is 11.9. The monoisotopic (exact) mass is 348 g/mol. The van der Waals surface area contributed by atoms with Gasteiger partial charge in [0, 0.05) is 12.8 Å². The predicted molar refractivity (Wildman–Crippen MR) is 102 cm³/mol. The Balaban J connectivity index is 1.69. The first-order valence-corrected chi connectivity index (χ1v) is 8.33. The lowest BCUT2D eigenvalue weighted by Gasteiger charge is -2.13. The van der Waals surface area contributed by atoms with Gasteiger partial charge in [-0.25, -0.2) is 0 Å². The molecule has 0 fully saturated rings. The number of hydrogen-bond acceptors (Lipinski definition) is 4. The molecule has 0 unspecified atom stereocenters. The Kier molecular flexibility index (Phi) is 5.29. The van der Waals surface area contributed by atoms with Gasteiger partial charge in [0.1, 0.15) is 5.75 Å². The van der Waals surface area contributed by atoms with Crippen molar-refractivity contribution in [2.45, 2.75) is 12.5 Å². The third-order valence-electron chi connectivity index (χ3n) is 4.30. The molecule has 26 heavy (non-hydrogen) atoms. The lowest BCUT2D eigenvalue weighted by atomic mass is 9.98. The molecule has 3 aromatic rings. The molecule has 0 saturated carbocycles. The quantitative estimate of drug-likeness (QED) is 0.516. The van der Waals surface area contributed by atoms with Crippen LogP contribution in [0.5, 0.6) is 5.75 Å². The van der Waals surface area contributed by atoms with Gasteiger partial charge in [0.15, 0.2) is 0 Å². The summed E-state index contributed by atoms with van der Waals surface area (Å²) >= 11 is 0. The van der Waals surface area contributed by atoms with Crippen LogP contribution in [0.4, 0.5) is 0 Å². The molecule has 0 saturated heterocycles. The molecule has 3 aromatic carbocycles. The zero-order valence-corrected chi connectivity index (χ0v) is 14.1. The molecule has 5 heteroatoms. The van der Waals surface area contributed by atoms with E-state index < -0.39 is 6.10 Å². The standard InChI is InChI=1S/C21H20N2O3/c22-12-16-9-8-14(18-6-1-2-7-19(16)18)11-21(26)23-13-20(25)15-4-3-5-17(24)10-15/h1-10,12,20,22,24-25H,11,13H2,(H,23,26)/t20-/m0/s1. The maximum Gasteiger partial charge on any atom is 0.224 e. The van der Waals surface area contributed by atoms with E-state index in [1.165, 1.54) is 18.3 Å². The van der Waals surface area contributed by atoms with E-state index in [-0.39, 0.29) is 24.6 Å². The van der Waals surface area contributed by atoms with Crippen LogP contribution < -0.4 is 5.32 Å². The fourth-order valence-corrected chi connectivity index (χ4v) is 2.96. The Hall–Kier alpha value is -3.18. The molecule has 0 heterocycles. The van der Waals surface area contributed by atoms with E-state index in [4.69, 9.17) is 5.41 Å². The SMILES string of the molecule is N=Cc1ccc(CC(=O)NC[C@H](O)c2cccc(O)c2)c2ccccc12. The first-order valence-electron chi connectivity index (χ1n) is 8.33. The maximum atomic E-state index is 12.3. The van der Waals surface area contributed by atoms with Crippen molar-refractivity contribution in [3.05, 3.63) is 77.4 Å². The summed E-state index contributed by atoms with van der Waals surface area (Å²) in [4.78, 5) is 12.3. The number of nitrogens with one attached hydrogen (secondary N) is 2. The molecule has 1 atom stereocenters. The van der Waals surface area contributed by atoms with Crippen molar-refractivity contribution in [2.75, 3.05) is 6.54 Å². The van der Waals surface area contributed by atoms with Gasteiger partial charge in [-0.15, -0.1) is 0 Å². The van der Waals surface area contributed by atoms with Crippen LogP contribution in [0.25, 0.3) is 10.8 Å². The Morgan fingerprint density at radius 3 is 2.58 bits per heavy atom.